The Kier molecular flexibility index (Phi) is 4.73. The number of nitrogens with zero attached hydrogens (tertiary/aromatic N) is 1. The van der Waals surface area contributed by atoms with Crippen LogP contribution in [0.1, 0.15) is 33.1 Å². The molecule has 0 aromatic rings. The number of carbonyl (C=O) groups excluding carboxylic acids is 2. The van der Waals surface area contributed by atoms with E-state index in [1.54, 1.807) is 11.8 Å². The molecule has 2 unspecified atom stereocenters. The highest BCUT2D eigenvalue weighted by Crippen LogP contribution is 2.16. The Bertz CT molecular complexity index is 266. The summed E-state index contributed by atoms with van der Waals surface area (Å²) in [5, 5.41) is 11.4. The van der Waals surface area contributed by atoms with Crippen LogP contribution in [0.3, 0.4) is 0 Å². The zero-order valence-electron chi connectivity index (χ0n) is 9.90. The summed E-state index contributed by atoms with van der Waals surface area (Å²) in [6.07, 6.45) is 2.39. The number of amides is 2. The maximum Gasteiger partial charge on any atom is 0.312 e. The van der Waals surface area contributed by atoms with E-state index in [0.29, 0.717) is 6.54 Å². The number of carbonyl (C=O) groups is 2. The molecule has 1 aliphatic heterocycles. The van der Waals surface area contributed by atoms with Gasteiger partial charge < -0.3 is 15.3 Å². The average molecular weight is 228 g/mol. The summed E-state index contributed by atoms with van der Waals surface area (Å²) in [6, 6.07) is 0.138. The minimum Gasteiger partial charge on any atom is -0.392 e. The fraction of sp³-hybridized carbons (Fsp3) is 0.818. The molecule has 1 fully saturated rings. The van der Waals surface area contributed by atoms with Gasteiger partial charge in [-0.05, 0) is 33.1 Å². The molecule has 5 nitrogen and oxygen atoms in total. The van der Waals surface area contributed by atoms with Gasteiger partial charge in [-0.2, -0.15) is 0 Å². The number of rotatable bonds is 2. The van der Waals surface area contributed by atoms with Crippen molar-refractivity contribution in [2.24, 2.45) is 0 Å². The Balaban J connectivity index is 2.45. The van der Waals surface area contributed by atoms with Crippen LogP contribution in [0.15, 0.2) is 0 Å². The highest BCUT2D eigenvalue weighted by atomic mass is 16.3. The second-order valence-electron chi connectivity index (χ2n) is 4.40. The number of hydrogen-bond acceptors (Lipinski definition) is 3. The highest BCUT2D eigenvalue weighted by molar-refractivity contribution is 6.35. The second kappa shape index (κ2) is 5.84. The molecular formula is C11H20N2O3. The van der Waals surface area contributed by atoms with E-state index in [2.05, 4.69) is 5.32 Å². The van der Waals surface area contributed by atoms with Crippen LogP contribution in [-0.4, -0.2) is 47.1 Å². The molecule has 2 N–H and O–H groups in total. The van der Waals surface area contributed by atoms with Gasteiger partial charge in [-0.15, -0.1) is 0 Å². The number of aliphatic hydroxyl groups is 1. The number of hydrogen-bond donors (Lipinski definition) is 2. The molecule has 1 heterocycles. The molecule has 2 amide bonds. The van der Waals surface area contributed by atoms with Gasteiger partial charge in [0, 0.05) is 19.1 Å². The molecular weight excluding hydrogens is 208 g/mol. The summed E-state index contributed by atoms with van der Waals surface area (Å²) < 4.78 is 0. The van der Waals surface area contributed by atoms with E-state index in [1.807, 2.05) is 6.92 Å². The normalized spacial score (nSPS) is 22.7. The van der Waals surface area contributed by atoms with Crippen LogP contribution >= 0.6 is 0 Å². The van der Waals surface area contributed by atoms with Crippen LogP contribution < -0.4 is 5.32 Å². The molecule has 1 saturated heterocycles. The third-order valence-corrected chi connectivity index (χ3v) is 2.82. The maximum absolute atomic E-state index is 11.8. The van der Waals surface area contributed by atoms with Crippen LogP contribution in [-0.2, 0) is 9.59 Å². The molecule has 2 atom stereocenters. The molecule has 16 heavy (non-hydrogen) atoms. The minimum atomic E-state index is -0.629. The van der Waals surface area contributed by atoms with Crippen molar-refractivity contribution in [3.8, 4) is 0 Å². The molecule has 0 aromatic carbocycles. The van der Waals surface area contributed by atoms with Crippen molar-refractivity contribution in [2.45, 2.75) is 45.3 Å². The van der Waals surface area contributed by atoms with Crippen LogP contribution in [0.4, 0.5) is 0 Å². The first-order valence-corrected chi connectivity index (χ1v) is 5.79. The molecule has 1 rings (SSSR count). The van der Waals surface area contributed by atoms with Gasteiger partial charge in [0.1, 0.15) is 0 Å². The highest BCUT2D eigenvalue weighted by Gasteiger charge is 2.27. The lowest BCUT2D eigenvalue weighted by atomic mass is 10.0. The van der Waals surface area contributed by atoms with E-state index in [9.17, 15) is 9.59 Å². The van der Waals surface area contributed by atoms with Crippen molar-refractivity contribution in [3.05, 3.63) is 0 Å². The summed E-state index contributed by atoms with van der Waals surface area (Å²) in [5.74, 6) is -1.09. The Labute approximate surface area is 95.8 Å². The molecule has 0 aromatic heterocycles. The molecule has 0 spiro atoms. The second-order valence-corrected chi connectivity index (χ2v) is 4.40. The van der Waals surface area contributed by atoms with E-state index >= 15 is 0 Å². The molecule has 0 aliphatic carbocycles. The molecule has 1 aliphatic rings. The van der Waals surface area contributed by atoms with Crippen molar-refractivity contribution in [1.29, 1.82) is 0 Å². The standard InChI is InChI=1S/C11H20N2O3/c1-8-5-3-4-6-13(8)11(16)10(15)12-7-9(2)14/h8-9,14H,3-7H2,1-2H3,(H,12,15). The van der Waals surface area contributed by atoms with E-state index in [-0.39, 0.29) is 12.6 Å². The van der Waals surface area contributed by atoms with Crippen molar-refractivity contribution in [2.75, 3.05) is 13.1 Å². The van der Waals surface area contributed by atoms with Gasteiger partial charge in [0.05, 0.1) is 6.10 Å². The summed E-state index contributed by atoms with van der Waals surface area (Å²) >= 11 is 0. The van der Waals surface area contributed by atoms with Crippen molar-refractivity contribution >= 4 is 11.8 Å². The average Bonchev–Trinajstić information content (AvgIpc) is 2.25. The Morgan fingerprint density at radius 3 is 2.75 bits per heavy atom. The van der Waals surface area contributed by atoms with Gasteiger partial charge in [0.25, 0.3) is 0 Å². The number of aliphatic hydroxyl groups excluding tert-OH is 1. The zero-order valence-corrected chi connectivity index (χ0v) is 9.90. The third-order valence-electron chi connectivity index (χ3n) is 2.82. The lowest BCUT2D eigenvalue weighted by Gasteiger charge is -2.32. The predicted molar refractivity (Wildman–Crippen MR) is 59.7 cm³/mol. The first-order valence-electron chi connectivity index (χ1n) is 5.79. The Morgan fingerprint density at radius 1 is 1.50 bits per heavy atom. The summed E-state index contributed by atoms with van der Waals surface area (Å²) in [7, 11) is 0. The lowest BCUT2D eigenvalue weighted by Crippen LogP contribution is -2.49. The molecule has 0 bridgehead atoms. The van der Waals surface area contributed by atoms with Gasteiger partial charge in [0.2, 0.25) is 0 Å². The van der Waals surface area contributed by atoms with Gasteiger partial charge in [0.15, 0.2) is 0 Å². The fourth-order valence-corrected chi connectivity index (χ4v) is 1.85. The lowest BCUT2D eigenvalue weighted by molar-refractivity contribution is -0.148. The summed E-state index contributed by atoms with van der Waals surface area (Å²) in [6.45, 7) is 4.29. The molecule has 0 saturated carbocycles. The third kappa shape index (κ3) is 3.48. The van der Waals surface area contributed by atoms with Gasteiger partial charge in [-0.3, -0.25) is 9.59 Å². The monoisotopic (exact) mass is 228 g/mol. The quantitative estimate of drug-likeness (QED) is 0.648. The number of piperidine rings is 1. The zero-order chi connectivity index (χ0) is 12.1. The van der Waals surface area contributed by atoms with Crippen LogP contribution in [0.5, 0.6) is 0 Å². The first kappa shape index (κ1) is 13.0. The predicted octanol–water partition coefficient (Wildman–Crippen LogP) is -0.116. The molecule has 92 valence electrons. The summed E-state index contributed by atoms with van der Waals surface area (Å²) in [4.78, 5) is 24.8. The van der Waals surface area contributed by atoms with Crippen LogP contribution in [0.2, 0.25) is 0 Å². The number of nitrogens with one attached hydrogen (secondary N) is 1. The fourth-order valence-electron chi connectivity index (χ4n) is 1.85. The van der Waals surface area contributed by atoms with Crippen molar-refractivity contribution in [1.82, 2.24) is 10.2 Å². The van der Waals surface area contributed by atoms with Crippen LogP contribution in [0, 0.1) is 0 Å². The summed E-state index contributed by atoms with van der Waals surface area (Å²) in [5.41, 5.74) is 0. The Hall–Kier alpha value is -1.10. The first-order chi connectivity index (χ1) is 7.52. The smallest absolute Gasteiger partial charge is 0.312 e. The Morgan fingerprint density at radius 2 is 2.19 bits per heavy atom. The van der Waals surface area contributed by atoms with E-state index in [1.165, 1.54) is 0 Å². The largest absolute Gasteiger partial charge is 0.392 e. The topological polar surface area (TPSA) is 69.6 Å². The minimum absolute atomic E-state index is 0.118. The molecule has 5 heteroatoms. The molecule has 0 radical (unpaired) electrons. The SMILES string of the molecule is CC(O)CNC(=O)C(=O)N1CCCCC1C. The maximum atomic E-state index is 11.8. The van der Waals surface area contributed by atoms with E-state index in [0.717, 1.165) is 19.3 Å². The van der Waals surface area contributed by atoms with Gasteiger partial charge in [-0.25, -0.2) is 0 Å². The van der Waals surface area contributed by atoms with Gasteiger partial charge >= 0.3 is 11.8 Å². The van der Waals surface area contributed by atoms with Gasteiger partial charge in [-0.1, -0.05) is 0 Å². The van der Waals surface area contributed by atoms with Crippen LogP contribution in [0.25, 0.3) is 0 Å². The van der Waals surface area contributed by atoms with Crippen molar-refractivity contribution in [3.63, 3.8) is 0 Å². The van der Waals surface area contributed by atoms with E-state index in [4.69, 9.17) is 5.11 Å². The number of likely N-dealkylation sites (tertiary alicyclic amines) is 1. The van der Waals surface area contributed by atoms with E-state index < -0.39 is 17.9 Å². The van der Waals surface area contributed by atoms with Crippen molar-refractivity contribution < 1.29 is 14.7 Å².